The number of carbonyl (C=O) groups is 2. The third kappa shape index (κ3) is 2.67. The summed E-state index contributed by atoms with van der Waals surface area (Å²) in [5.74, 6) is -1.34. The van der Waals surface area contributed by atoms with Gasteiger partial charge in [-0.2, -0.15) is 0 Å². The van der Waals surface area contributed by atoms with E-state index in [4.69, 9.17) is 5.11 Å². The molecular weight excluding hydrogens is 350 g/mol. The zero-order valence-electron chi connectivity index (χ0n) is 13.2. The third-order valence-electron chi connectivity index (χ3n) is 4.11. The maximum absolute atomic E-state index is 13.1. The van der Waals surface area contributed by atoms with E-state index in [1.54, 1.807) is 12.1 Å². The van der Waals surface area contributed by atoms with E-state index < -0.39 is 18.3 Å². The molecule has 2 amide bonds. The number of ether oxygens (including phenoxy) is 2. The first kappa shape index (κ1) is 16.1. The zero-order valence-corrected chi connectivity index (χ0v) is 13.2. The van der Waals surface area contributed by atoms with Crippen LogP contribution in [0.5, 0.6) is 11.5 Å². The molecule has 1 saturated heterocycles. The van der Waals surface area contributed by atoms with Crippen molar-refractivity contribution >= 4 is 23.4 Å². The molecule has 1 N–H and O–H groups in total. The summed E-state index contributed by atoms with van der Waals surface area (Å²) in [6.45, 7) is 0.638. The number of amides is 2. The summed E-state index contributed by atoms with van der Waals surface area (Å²) in [6.07, 6.45) is -3.72. The molecule has 0 unspecified atom stereocenters. The Balaban J connectivity index is 1.59. The Morgan fingerprint density at radius 1 is 1.00 bits per heavy atom. The van der Waals surface area contributed by atoms with Gasteiger partial charge in [0.2, 0.25) is 0 Å². The van der Waals surface area contributed by atoms with E-state index in [-0.39, 0.29) is 17.1 Å². The highest BCUT2D eigenvalue weighted by molar-refractivity contribution is 6.06. The van der Waals surface area contributed by atoms with Crippen molar-refractivity contribution in [2.75, 3.05) is 22.9 Å². The molecule has 0 aliphatic carbocycles. The molecule has 2 heterocycles. The minimum atomic E-state index is -3.72. The normalized spacial score (nSPS) is 17.7. The minimum absolute atomic E-state index is 0.0686. The lowest BCUT2D eigenvalue weighted by Crippen LogP contribution is -2.31. The number of carboxylic acid groups (broad SMARTS) is 1. The summed E-state index contributed by atoms with van der Waals surface area (Å²) in [5, 5.41) is 9.08. The van der Waals surface area contributed by atoms with Crippen LogP contribution in [0.2, 0.25) is 0 Å². The van der Waals surface area contributed by atoms with Crippen molar-refractivity contribution in [3.05, 3.63) is 48.0 Å². The highest BCUT2D eigenvalue weighted by Gasteiger charge is 2.44. The molecule has 0 aromatic heterocycles. The minimum Gasteiger partial charge on any atom is -0.478 e. The van der Waals surface area contributed by atoms with Crippen molar-refractivity contribution in [3.8, 4) is 11.5 Å². The molecule has 7 nitrogen and oxygen atoms in total. The van der Waals surface area contributed by atoms with Gasteiger partial charge >= 0.3 is 18.3 Å². The van der Waals surface area contributed by atoms with Gasteiger partial charge in [0.25, 0.3) is 0 Å². The fourth-order valence-electron chi connectivity index (χ4n) is 2.93. The van der Waals surface area contributed by atoms with Crippen LogP contribution in [0.3, 0.4) is 0 Å². The van der Waals surface area contributed by atoms with Gasteiger partial charge in [-0.1, -0.05) is 6.07 Å². The second-order valence-electron chi connectivity index (χ2n) is 5.74. The Kier molecular flexibility index (Phi) is 3.46. The second-order valence-corrected chi connectivity index (χ2v) is 5.74. The number of carboxylic acids is 1. The van der Waals surface area contributed by atoms with Crippen molar-refractivity contribution < 1.29 is 33.0 Å². The molecule has 2 aromatic rings. The Morgan fingerprint density at radius 3 is 2.35 bits per heavy atom. The summed E-state index contributed by atoms with van der Waals surface area (Å²) < 4.78 is 35.0. The summed E-state index contributed by atoms with van der Waals surface area (Å²) in [4.78, 5) is 26.6. The SMILES string of the molecule is O=C(O)c1cccc(N2CCN(c3ccc4c(c3)OC(F)(F)O4)C2=O)c1. The van der Waals surface area contributed by atoms with E-state index in [0.29, 0.717) is 24.5 Å². The Hall–Kier alpha value is -3.36. The van der Waals surface area contributed by atoms with Gasteiger partial charge in [-0.25, -0.2) is 9.59 Å². The molecule has 4 rings (SSSR count). The van der Waals surface area contributed by atoms with Crippen LogP contribution in [0, 0.1) is 0 Å². The number of urea groups is 1. The predicted molar refractivity (Wildman–Crippen MR) is 86.1 cm³/mol. The van der Waals surface area contributed by atoms with Gasteiger partial charge in [0.15, 0.2) is 11.5 Å². The average molecular weight is 362 g/mol. The number of nitrogens with zero attached hydrogens (tertiary/aromatic N) is 2. The number of aromatic carboxylic acids is 1. The number of fused-ring (bicyclic) bond motifs is 1. The first-order valence-corrected chi connectivity index (χ1v) is 7.66. The molecule has 26 heavy (non-hydrogen) atoms. The van der Waals surface area contributed by atoms with E-state index in [2.05, 4.69) is 9.47 Å². The number of halogens is 2. The van der Waals surface area contributed by atoms with Gasteiger partial charge in [-0.15, -0.1) is 8.78 Å². The maximum Gasteiger partial charge on any atom is 0.586 e. The Labute approximate surface area is 145 Å². The lowest BCUT2D eigenvalue weighted by molar-refractivity contribution is -0.286. The standard InChI is InChI=1S/C17H12F2N2O5/c18-17(19)25-13-5-4-12(9-14(13)26-17)21-7-6-20(16(21)24)11-3-1-2-10(8-11)15(22)23/h1-5,8-9H,6-7H2,(H,22,23). The largest absolute Gasteiger partial charge is 0.586 e. The van der Waals surface area contributed by atoms with Gasteiger partial charge < -0.3 is 14.6 Å². The molecule has 0 bridgehead atoms. The Bertz CT molecular complexity index is 918. The summed E-state index contributed by atoms with van der Waals surface area (Å²) in [7, 11) is 0. The molecular formula is C17H12F2N2O5. The summed E-state index contributed by atoms with van der Waals surface area (Å²) in [5.41, 5.74) is 0.899. The van der Waals surface area contributed by atoms with E-state index in [9.17, 15) is 18.4 Å². The van der Waals surface area contributed by atoms with Gasteiger partial charge in [0, 0.05) is 30.5 Å². The Morgan fingerprint density at radius 2 is 1.65 bits per heavy atom. The number of alkyl halides is 2. The van der Waals surface area contributed by atoms with Crippen molar-refractivity contribution in [2.45, 2.75) is 6.29 Å². The van der Waals surface area contributed by atoms with Crippen LogP contribution in [0.25, 0.3) is 0 Å². The van der Waals surface area contributed by atoms with Crippen molar-refractivity contribution in [3.63, 3.8) is 0 Å². The second kappa shape index (κ2) is 5.58. The number of hydrogen-bond acceptors (Lipinski definition) is 4. The van der Waals surface area contributed by atoms with Gasteiger partial charge in [-0.3, -0.25) is 9.80 Å². The van der Waals surface area contributed by atoms with Crippen LogP contribution < -0.4 is 19.3 Å². The van der Waals surface area contributed by atoms with Crippen LogP contribution in [-0.2, 0) is 0 Å². The molecule has 0 radical (unpaired) electrons. The lowest BCUT2D eigenvalue weighted by atomic mass is 10.2. The lowest BCUT2D eigenvalue weighted by Gasteiger charge is -2.19. The smallest absolute Gasteiger partial charge is 0.478 e. The average Bonchev–Trinajstić information content (AvgIpc) is 3.12. The summed E-state index contributed by atoms with van der Waals surface area (Å²) >= 11 is 0. The molecule has 2 aliphatic rings. The van der Waals surface area contributed by atoms with E-state index >= 15 is 0 Å². The van der Waals surface area contributed by atoms with Crippen LogP contribution in [-0.4, -0.2) is 36.5 Å². The maximum atomic E-state index is 13.1. The topological polar surface area (TPSA) is 79.3 Å². The number of carbonyl (C=O) groups excluding carboxylic acids is 1. The summed E-state index contributed by atoms with van der Waals surface area (Å²) in [6, 6.07) is 9.74. The highest BCUT2D eigenvalue weighted by atomic mass is 19.3. The quantitative estimate of drug-likeness (QED) is 0.907. The van der Waals surface area contributed by atoms with Gasteiger partial charge in [0.1, 0.15) is 0 Å². The van der Waals surface area contributed by atoms with Crippen molar-refractivity contribution in [2.24, 2.45) is 0 Å². The zero-order chi connectivity index (χ0) is 18.5. The molecule has 0 saturated carbocycles. The van der Waals surface area contributed by atoms with E-state index in [1.165, 1.54) is 40.1 Å². The van der Waals surface area contributed by atoms with Crippen LogP contribution in [0.15, 0.2) is 42.5 Å². The van der Waals surface area contributed by atoms with Gasteiger partial charge in [-0.05, 0) is 30.3 Å². The molecule has 2 aliphatic heterocycles. The monoisotopic (exact) mass is 362 g/mol. The number of anilines is 2. The molecule has 2 aromatic carbocycles. The molecule has 0 atom stereocenters. The molecule has 0 spiro atoms. The first-order chi connectivity index (χ1) is 12.3. The molecule has 134 valence electrons. The molecule has 1 fully saturated rings. The number of rotatable bonds is 3. The number of benzene rings is 2. The third-order valence-corrected chi connectivity index (χ3v) is 4.11. The fraction of sp³-hybridized carbons (Fsp3) is 0.176. The fourth-order valence-corrected chi connectivity index (χ4v) is 2.93. The van der Waals surface area contributed by atoms with Crippen molar-refractivity contribution in [1.82, 2.24) is 0 Å². The van der Waals surface area contributed by atoms with Crippen LogP contribution in [0.1, 0.15) is 10.4 Å². The predicted octanol–water partition coefficient (Wildman–Crippen LogP) is 3.15. The highest BCUT2D eigenvalue weighted by Crippen LogP contribution is 2.43. The van der Waals surface area contributed by atoms with E-state index in [0.717, 1.165) is 0 Å². The van der Waals surface area contributed by atoms with Crippen LogP contribution in [0.4, 0.5) is 25.0 Å². The molecule has 9 heteroatoms. The number of hydrogen-bond donors (Lipinski definition) is 1. The van der Waals surface area contributed by atoms with E-state index in [1.807, 2.05) is 0 Å². The first-order valence-electron chi connectivity index (χ1n) is 7.66. The van der Waals surface area contributed by atoms with Crippen molar-refractivity contribution in [1.29, 1.82) is 0 Å². The van der Waals surface area contributed by atoms with Gasteiger partial charge in [0.05, 0.1) is 5.56 Å². The van der Waals surface area contributed by atoms with Crippen LogP contribution >= 0.6 is 0 Å².